The number of hydrogen-bond acceptors (Lipinski definition) is 6. The van der Waals surface area contributed by atoms with E-state index < -0.39 is 8.80 Å². The molecule has 0 radical (unpaired) electrons. The highest BCUT2D eigenvalue weighted by Gasteiger charge is 2.47. The minimum Gasteiger partial charge on any atom is -0.377 e. The maximum absolute atomic E-state index is 5.84. The molecule has 0 atom stereocenters. The molecule has 0 bridgehead atoms. The van der Waals surface area contributed by atoms with Gasteiger partial charge in [-0.3, -0.25) is 0 Å². The summed E-state index contributed by atoms with van der Waals surface area (Å²) in [6.07, 6.45) is 3.41. The molecule has 0 aliphatic heterocycles. The van der Waals surface area contributed by atoms with Gasteiger partial charge in [-0.25, -0.2) is 0 Å². The largest absolute Gasteiger partial charge is 0.500 e. The fourth-order valence-electron chi connectivity index (χ4n) is 3.32. The molecule has 7 heteroatoms. The summed E-state index contributed by atoms with van der Waals surface area (Å²) in [6, 6.07) is 0.871. The van der Waals surface area contributed by atoms with Crippen molar-refractivity contribution in [3.05, 3.63) is 0 Å². The van der Waals surface area contributed by atoms with Gasteiger partial charge >= 0.3 is 8.80 Å². The molecule has 164 valence electrons. The maximum atomic E-state index is 5.84. The molecule has 0 aliphatic rings. The predicted octanol–water partition coefficient (Wildman–Crippen LogP) is 2.88. The van der Waals surface area contributed by atoms with Crippen LogP contribution in [0.2, 0.25) is 6.04 Å². The molecule has 27 heavy (non-hydrogen) atoms. The van der Waals surface area contributed by atoms with Gasteiger partial charge in [0, 0.05) is 27.4 Å². The average Bonchev–Trinajstić information content (AvgIpc) is 2.71. The van der Waals surface area contributed by atoms with Crippen LogP contribution in [0.4, 0.5) is 0 Å². The number of rotatable bonds is 17. The molecule has 0 unspecified atom stereocenters. The van der Waals surface area contributed by atoms with Gasteiger partial charge in [-0.15, -0.1) is 0 Å². The van der Waals surface area contributed by atoms with Crippen LogP contribution in [-0.2, 0) is 13.3 Å². The second-order valence-electron chi connectivity index (χ2n) is 7.91. The van der Waals surface area contributed by atoms with E-state index >= 15 is 0 Å². The molecule has 0 aliphatic carbocycles. The van der Waals surface area contributed by atoms with Crippen LogP contribution >= 0.6 is 0 Å². The molecule has 0 fully saturated rings. The van der Waals surface area contributed by atoms with Crippen molar-refractivity contribution in [2.75, 3.05) is 81.7 Å². The summed E-state index contributed by atoms with van der Waals surface area (Å²) < 4.78 is 17.5. The minimum atomic E-state index is -2.65. The van der Waals surface area contributed by atoms with Crippen molar-refractivity contribution >= 4 is 8.80 Å². The van der Waals surface area contributed by atoms with Crippen molar-refractivity contribution in [1.29, 1.82) is 0 Å². The monoisotopic (exact) mass is 405 g/mol. The minimum absolute atomic E-state index is 0.143. The molecule has 6 nitrogen and oxygen atoms in total. The van der Waals surface area contributed by atoms with E-state index in [4.69, 9.17) is 13.3 Å². The van der Waals surface area contributed by atoms with Crippen LogP contribution < -0.4 is 0 Å². The Balaban J connectivity index is 5.62. The van der Waals surface area contributed by atoms with Gasteiger partial charge in [0.25, 0.3) is 0 Å². The third kappa shape index (κ3) is 9.83. The molecule has 0 saturated carbocycles. The summed E-state index contributed by atoms with van der Waals surface area (Å²) in [5.74, 6) is 0. The van der Waals surface area contributed by atoms with E-state index in [1.807, 2.05) is 0 Å². The molecule has 0 heterocycles. The van der Waals surface area contributed by atoms with Crippen molar-refractivity contribution in [2.24, 2.45) is 5.41 Å². The van der Waals surface area contributed by atoms with Gasteiger partial charge in [-0.1, -0.05) is 20.8 Å². The van der Waals surface area contributed by atoms with Crippen LogP contribution in [0.1, 0.15) is 40.0 Å². The highest BCUT2D eigenvalue weighted by atomic mass is 28.4. The Hall–Kier alpha value is -0.0231. The molecular weight excluding hydrogens is 358 g/mol. The smallest absolute Gasteiger partial charge is 0.377 e. The van der Waals surface area contributed by atoms with Crippen molar-refractivity contribution in [3.63, 3.8) is 0 Å². The first-order chi connectivity index (χ1) is 12.8. The Bertz CT molecular complexity index is 326. The van der Waals surface area contributed by atoms with E-state index in [0.29, 0.717) is 0 Å². The second kappa shape index (κ2) is 14.0. The summed E-state index contributed by atoms with van der Waals surface area (Å²) in [6.45, 7) is 13.1. The van der Waals surface area contributed by atoms with E-state index in [1.165, 1.54) is 0 Å². The lowest BCUT2D eigenvalue weighted by Crippen LogP contribution is -2.49. The van der Waals surface area contributed by atoms with Crippen LogP contribution in [-0.4, -0.2) is 105 Å². The summed E-state index contributed by atoms with van der Waals surface area (Å²) in [5.41, 5.74) is 0.143. The number of nitrogens with zero attached hydrogens (tertiary/aromatic N) is 3. The van der Waals surface area contributed by atoms with Crippen LogP contribution in [0.5, 0.6) is 0 Å². The lowest BCUT2D eigenvalue weighted by molar-refractivity contribution is 0.0853. The van der Waals surface area contributed by atoms with Gasteiger partial charge < -0.3 is 28.0 Å². The highest BCUT2D eigenvalue weighted by Crippen LogP contribution is 2.41. The zero-order chi connectivity index (χ0) is 20.9. The lowest BCUT2D eigenvalue weighted by atomic mass is 9.79. The van der Waals surface area contributed by atoms with Gasteiger partial charge in [0.05, 0.1) is 0 Å². The molecule has 0 amide bonds. The first-order valence-corrected chi connectivity index (χ1v) is 12.4. The Morgan fingerprint density at radius 3 is 1.15 bits per heavy atom. The lowest BCUT2D eigenvalue weighted by Gasteiger charge is -2.41. The van der Waals surface area contributed by atoms with Crippen LogP contribution in [0.15, 0.2) is 0 Å². The summed E-state index contributed by atoms with van der Waals surface area (Å²) >= 11 is 0. The third-order valence-electron chi connectivity index (χ3n) is 6.22. The molecule has 0 saturated heterocycles. The fraction of sp³-hybridized carbons (Fsp3) is 1.00. The van der Waals surface area contributed by atoms with Gasteiger partial charge in [0.15, 0.2) is 0 Å². The number of hydrogen-bond donors (Lipinski definition) is 0. The van der Waals surface area contributed by atoms with Gasteiger partial charge in [-0.2, -0.15) is 0 Å². The third-order valence-corrected chi connectivity index (χ3v) is 9.26. The summed E-state index contributed by atoms with van der Waals surface area (Å²) in [4.78, 5) is 7.20. The maximum Gasteiger partial charge on any atom is 0.500 e. The van der Waals surface area contributed by atoms with Crippen LogP contribution in [0.25, 0.3) is 0 Å². The molecule has 0 N–H and O–H groups in total. The van der Waals surface area contributed by atoms with E-state index in [-0.39, 0.29) is 5.41 Å². The Morgan fingerprint density at radius 1 is 0.630 bits per heavy atom. The topological polar surface area (TPSA) is 37.4 Å². The SMILES string of the molecule is CCN(C)CCC(CCN(C)CC)(CCN(C)CC)C[Si](OC)(OC)OC. The van der Waals surface area contributed by atoms with Crippen LogP contribution in [0.3, 0.4) is 0 Å². The molecule has 0 spiro atoms. The highest BCUT2D eigenvalue weighted by molar-refractivity contribution is 6.60. The average molecular weight is 406 g/mol. The second-order valence-corrected chi connectivity index (χ2v) is 10.9. The van der Waals surface area contributed by atoms with Crippen LogP contribution in [0, 0.1) is 5.41 Å². The van der Waals surface area contributed by atoms with Gasteiger partial charge in [0.2, 0.25) is 0 Å². The molecule has 0 aromatic carbocycles. The fourth-order valence-corrected chi connectivity index (χ4v) is 5.71. The normalized spacial score (nSPS) is 13.3. The Kier molecular flexibility index (Phi) is 14.0. The van der Waals surface area contributed by atoms with E-state index in [2.05, 4.69) is 56.6 Å². The van der Waals surface area contributed by atoms with Crippen molar-refractivity contribution in [1.82, 2.24) is 14.7 Å². The molecule has 0 aromatic rings. The molecule has 0 rings (SSSR count). The van der Waals surface area contributed by atoms with Gasteiger partial charge in [0.1, 0.15) is 0 Å². The Labute approximate surface area is 170 Å². The molecular formula is C20H47N3O3Si. The van der Waals surface area contributed by atoms with Crippen molar-refractivity contribution < 1.29 is 13.3 Å². The summed E-state index contributed by atoms with van der Waals surface area (Å²) in [5, 5.41) is 0. The van der Waals surface area contributed by atoms with Gasteiger partial charge in [-0.05, 0) is 85.1 Å². The predicted molar refractivity (Wildman–Crippen MR) is 117 cm³/mol. The first kappa shape index (κ1) is 27.0. The quantitative estimate of drug-likeness (QED) is 0.346. The summed E-state index contributed by atoms with van der Waals surface area (Å²) in [7, 11) is 9.16. The van der Waals surface area contributed by atoms with E-state index in [0.717, 1.165) is 64.6 Å². The van der Waals surface area contributed by atoms with Crippen molar-refractivity contribution in [3.8, 4) is 0 Å². The zero-order valence-electron chi connectivity index (χ0n) is 19.6. The van der Waals surface area contributed by atoms with Crippen molar-refractivity contribution in [2.45, 2.75) is 46.1 Å². The first-order valence-electron chi connectivity index (χ1n) is 10.5. The standard InChI is InChI=1S/C20H47N3O3Si/c1-10-21(4)16-13-20(14-17-22(5)11-2,15-18-23(6)12-3)19-27(24-7,25-8)26-9/h10-19H2,1-9H3. The zero-order valence-corrected chi connectivity index (χ0v) is 20.6. The molecule has 0 aromatic heterocycles. The Morgan fingerprint density at radius 2 is 0.926 bits per heavy atom. The van der Waals surface area contributed by atoms with E-state index in [1.54, 1.807) is 21.3 Å². The van der Waals surface area contributed by atoms with E-state index in [9.17, 15) is 0 Å².